The van der Waals surface area contributed by atoms with Crippen LogP contribution in [0.2, 0.25) is 0 Å². The Balaban J connectivity index is 1.72. The Kier molecular flexibility index (Phi) is 5.02. The van der Waals surface area contributed by atoms with Crippen molar-refractivity contribution in [2.45, 2.75) is 26.3 Å². The fourth-order valence-electron chi connectivity index (χ4n) is 2.45. The van der Waals surface area contributed by atoms with Gasteiger partial charge in [-0.1, -0.05) is 12.1 Å². The second-order valence-electron chi connectivity index (χ2n) is 5.03. The summed E-state index contributed by atoms with van der Waals surface area (Å²) in [7, 11) is 1.73. The van der Waals surface area contributed by atoms with Crippen molar-refractivity contribution in [1.82, 2.24) is 10.2 Å². The summed E-state index contributed by atoms with van der Waals surface area (Å²) in [5.41, 5.74) is 2.48. The monoisotopic (exact) mass is 248 g/mol. The summed E-state index contributed by atoms with van der Waals surface area (Å²) < 4.78 is 5.34. The van der Waals surface area contributed by atoms with Crippen LogP contribution in [0.4, 0.5) is 0 Å². The van der Waals surface area contributed by atoms with Crippen LogP contribution >= 0.6 is 0 Å². The summed E-state index contributed by atoms with van der Waals surface area (Å²) in [4.78, 5) is 2.53. The SMILES string of the molecule is COc1cc(CNCCN2CCCC2)ccc1C. The lowest BCUT2D eigenvalue weighted by Crippen LogP contribution is -2.29. The van der Waals surface area contributed by atoms with E-state index in [0.717, 1.165) is 18.8 Å². The largest absolute Gasteiger partial charge is 0.496 e. The first-order valence-corrected chi connectivity index (χ1v) is 6.86. The lowest BCUT2D eigenvalue weighted by atomic mass is 10.1. The van der Waals surface area contributed by atoms with Crippen LogP contribution in [0.15, 0.2) is 18.2 Å². The molecule has 100 valence electrons. The Morgan fingerprint density at radius 3 is 2.78 bits per heavy atom. The molecule has 1 fully saturated rings. The quantitative estimate of drug-likeness (QED) is 0.781. The molecule has 2 rings (SSSR count). The molecular weight excluding hydrogens is 224 g/mol. The predicted molar refractivity (Wildman–Crippen MR) is 75.1 cm³/mol. The summed E-state index contributed by atoms with van der Waals surface area (Å²) in [6.45, 7) is 7.78. The first-order valence-electron chi connectivity index (χ1n) is 6.86. The van der Waals surface area contributed by atoms with E-state index < -0.39 is 0 Å². The zero-order valence-electron chi connectivity index (χ0n) is 11.5. The van der Waals surface area contributed by atoms with Gasteiger partial charge in [-0.15, -0.1) is 0 Å². The lowest BCUT2D eigenvalue weighted by molar-refractivity contribution is 0.335. The molecule has 0 saturated carbocycles. The van der Waals surface area contributed by atoms with Crippen LogP contribution in [0.3, 0.4) is 0 Å². The van der Waals surface area contributed by atoms with Crippen LogP contribution in [0, 0.1) is 6.92 Å². The van der Waals surface area contributed by atoms with Gasteiger partial charge in [0.15, 0.2) is 0 Å². The number of methoxy groups -OCH3 is 1. The van der Waals surface area contributed by atoms with Crippen LogP contribution in [0.25, 0.3) is 0 Å². The maximum absolute atomic E-state index is 5.34. The van der Waals surface area contributed by atoms with Crippen molar-refractivity contribution in [1.29, 1.82) is 0 Å². The number of nitrogens with one attached hydrogen (secondary N) is 1. The number of aryl methyl sites for hydroxylation is 1. The smallest absolute Gasteiger partial charge is 0.122 e. The molecule has 3 heteroatoms. The number of hydrogen-bond acceptors (Lipinski definition) is 3. The first kappa shape index (κ1) is 13.4. The Labute approximate surface area is 110 Å². The second-order valence-corrected chi connectivity index (χ2v) is 5.03. The summed E-state index contributed by atoms with van der Waals surface area (Å²) in [5, 5.41) is 3.50. The van der Waals surface area contributed by atoms with Gasteiger partial charge >= 0.3 is 0 Å². The third-order valence-electron chi connectivity index (χ3n) is 3.61. The molecule has 1 aliphatic heterocycles. The van der Waals surface area contributed by atoms with Crippen LogP contribution in [-0.2, 0) is 6.54 Å². The molecule has 1 N–H and O–H groups in total. The highest BCUT2D eigenvalue weighted by atomic mass is 16.5. The van der Waals surface area contributed by atoms with Crippen molar-refractivity contribution < 1.29 is 4.74 Å². The predicted octanol–water partition coefficient (Wildman–Crippen LogP) is 2.19. The molecule has 0 atom stereocenters. The van der Waals surface area contributed by atoms with Crippen molar-refractivity contribution in [2.75, 3.05) is 33.3 Å². The van der Waals surface area contributed by atoms with Gasteiger partial charge in [0.05, 0.1) is 7.11 Å². The molecule has 0 unspecified atom stereocenters. The van der Waals surface area contributed by atoms with Gasteiger partial charge in [-0.2, -0.15) is 0 Å². The normalized spacial score (nSPS) is 16.1. The highest BCUT2D eigenvalue weighted by Gasteiger charge is 2.09. The number of rotatable bonds is 6. The minimum Gasteiger partial charge on any atom is -0.496 e. The van der Waals surface area contributed by atoms with E-state index in [0.29, 0.717) is 0 Å². The van der Waals surface area contributed by atoms with Gasteiger partial charge in [0.25, 0.3) is 0 Å². The molecule has 0 spiro atoms. The first-order chi connectivity index (χ1) is 8.79. The van der Waals surface area contributed by atoms with Gasteiger partial charge in [-0.3, -0.25) is 0 Å². The zero-order valence-corrected chi connectivity index (χ0v) is 11.5. The van der Waals surface area contributed by atoms with E-state index in [1.807, 2.05) is 0 Å². The number of likely N-dealkylation sites (tertiary alicyclic amines) is 1. The lowest BCUT2D eigenvalue weighted by Gasteiger charge is -2.15. The van der Waals surface area contributed by atoms with Gasteiger partial charge in [-0.05, 0) is 50.0 Å². The van der Waals surface area contributed by atoms with Crippen molar-refractivity contribution >= 4 is 0 Å². The fourth-order valence-corrected chi connectivity index (χ4v) is 2.45. The molecule has 0 aliphatic carbocycles. The van der Waals surface area contributed by atoms with E-state index in [1.165, 1.54) is 43.6 Å². The van der Waals surface area contributed by atoms with Gasteiger partial charge in [0.1, 0.15) is 5.75 Å². The number of nitrogens with zero attached hydrogens (tertiary/aromatic N) is 1. The Bertz CT molecular complexity index is 373. The highest BCUT2D eigenvalue weighted by molar-refractivity contribution is 5.36. The Hall–Kier alpha value is -1.06. The van der Waals surface area contributed by atoms with E-state index in [4.69, 9.17) is 4.74 Å². The minimum atomic E-state index is 0.921. The molecule has 3 nitrogen and oxygen atoms in total. The van der Waals surface area contributed by atoms with Crippen LogP contribution in [0.1, 0.15) is 24.0 Å². The van der Waals surface area contributed by atoms with E-state index in [9.17, 15) is 0 Å². The molecule has 0 amide bonds. The molecule has 1 aromatic carbocycles. The minimum absolute atomic E-state index is 0.921. The van der Waals surface area contributed by atoms with Crippen molar-refractivity contribution in [3.05, 3.63) is 29.3 Å². The molecule has 0 aromatic heterocycles. The van der Waals surface area contributed by atoms with E-state index >= 15 is 0 Å². The average molecular weight is 248 g/mol. The van der Waals surface area contributed by atoms with Gasteiger partial charge in [-0.25, -0.2) is 0 Å². The zero-order chi connectivity index (χ0) is 12.8. The maximum atomic E-state index is 5.34. The van der Waals surface area contributed by atoms with Crippen molar-refractivity contribution in [3.63, 3.8) is 0 Å². The van der Waals surface area contributed by atoms with Crippen molar-refractivity contribution in [3.8, 4) is 5.75 Å². The molecule has 1 aromatic rings. The number of hydrogen-bond donors (Lipinski definition) is 1. The standard InChI is InChI=1S/C15H24N2O/c1-13-5-6-14(11-15(13)18-2)12-16-7-10-17-8-3-4-9-17/h5-6,11,16H,3-4,7-10,12H2,1-2H3. The highest BCUT2D eigenvalue weighted by Crippen LogP contribution is 2.18. The van der Waals surface area contributed by atoms with E-state index in [-0.39, 0.29) is 0 Å². The van der Waals surface area contributed by atoms with Gasteiger partial charge < -0.3 is 15.0 Å². The third kappa shape index (κ3) is 3.72. The van der Waals surface area contributed by atoms with E-state index in [1.54, 1.807) is 7.11 Å². The summed E-state index contributed by atoms with van der Waals surface area (Å²) >= 11 is 0. The summed E-state index contributed by atoms with van der Waals surface area (Å²) in [6, 6.07) is 6.41. The van der Waals surface area contributed by atoms with Crippen LogP contribution in [0.5, 0.6) is 5.75 Å². The average Bonchev–Trinajstić information content (AvgIpc) is 2.89. The number of ether oxygens (including phenoxy) is 1. The van der Waals surface area contributed by atoms with Crippen molar-refractivity contribution in [2.24, 2.45) is 0 Å². The Morgan fingerprint density at radius 1 is 1.28 bits per heavy atom. The Morgan fingerprint density at radius 2 is 2.06 bits per heavy atom. The fraction of sp³-hybridized carbons (Fsp3) is 0.600. The second kappa shape index (κ2) is 6.76. The molecule has 1 aliphatic rings. The van der Waals surface area contributed by atoms with E-state index in [2.05, 4.69) is 35.3 Å². The molecule has 1 heterocycles. The topological polar surface area (TPSA) is 24.5 Å². The molecule has 1 saturated heterocycles. The van der Waals surface area contributed by atoms with Crippen LogP contribution < -0.4 is 10.1 Å². The third-order valence-corrected chi connectivity index (χ3v) is 3.61. The van der Waals surface area contributed by atoms with Crippen LogP contribution in [-0.4, -0.2) is 38.2 Å². The summed E-state index contributed by atoms with van der Waals surface area (Å²) in [5.74, 6) is 0.980. The maximum Gasteiger partial charge on any atom is 0.122 e. The molecular formula is C15H24N2O. The van der Waals surface area contributed by atoms with Gasteiger partial charge in [0, 0.05) is 19.6 Å². The molecule has 0 bridgehead atoms. The number of benzene rings is 1. The van der Waals surface area contributed by atoms with Gasteiger partial charge in [0.2, 0.25) is 0 Å². The molecule has 0 radical (unpaired) electrons. The molecule has 18 heavy (non-hydrogen) atoms. The summed E-state index contributed by atoms with van der Waals surface area (Å²) in [6.07, 6.45) is 2.74.